The molecule has 1 aromatic rings. The fourth-order valence-corrected chi connectivity index (χ4v) is 2.27. The molecule has 0 aromatic heterocycles. The summed E-state index contributed by atoms with van der Waals surface area (Å²) in [5, 5.41) is 3.42. The number of anilines is 1. The van der Waals surface area contributed by atoms with E-state index in [0.717, 1.165) is 39.3 Å². The van der Waals surface area contributed by atoms with Crippen LogP contribution in [0.3, 0.4) is 0 Å². The predicted octanol–water partition coefficient (Wildman–Crippen LogP) is 2.03. The Hall–Kier alpha value is -1.13. The molecule has 1 aliphatic heterocycles. The lowest BCUT2D eigenvalue weighted by Crippen LogP contribution is -2.43. The second-order valence-corrected chi connectivity index (χ2v) is 4.55. The maximum Gasteiger partial charge on any atom is 0.146 e. The van der Waals surface area contributed by atoms with E-state index in [1.54, 1.807) is 6.07 Å². The highest BCUT2D eigenvalue weighted by Gasteiger charge is 2.15. The zero-order chi connectivity index (χ0) is 12.8. The number of hydrogen-bond donors (Lipinski definition) is 1. The van der Waals surface area contributed by atoms with Gasteiger partial charge in [-0.05, 0) is 25.5 Å². The molecule has 18 heavy (non-hydrogen) atoms. The summed E-state index contributed by atoms with van der Waals surface area (Å²) in [6.07, 6.45) is 0.974. The molecule has 2 rings (SSSR count). The minimum Gasteiger partial charge on any atom is -0.379 e. The van der Waals surface area contributed by atoms with E-state index in [4.69, 9.17) is 4.74 Å². The summed E-state index contributed by atoms with van der Waals surface area (Å²) in [4.78, 5) is 2.08. The fraction of sp³-hybridized carbons (Fsp3) is 0.571. The lowest BCUT2D eigenvalue weighted by molar-refractivity contribution is 0.0748. The molecule has 1 N–H and O–H groups in total. The average molecular weight is 252 g/mol. The zero-order valence-corrected chi connectivity index (χ0v) is 10.9. The minimum atomic E-state index is -0.146. The molecule has 0 radical (unpaired) electrons. The van der Waals surface area contributed by atoms with Gasteiger partial charge in [0.05, 0.1) is 18.9 Å². The molecule has 4 heteroatoms. The highest BCUT2D eigenvalue weighted by Crippen LogP contribution is 2.18. The van der Waals surface area contributed by atoms with Gasteiger partial charge >= 0.3 is 0 Å². The van der Waals surface area contributed by atoms with Gasteiger partial charge in [0.2, 0.25) is 0 Å². The molecule has 0 aliphatic carbocycles. The molecule has 100 valence electrons. The molecule has 1 aliphatic rings. The van der Waals surface area contributed by atoms with Crippen molar-refractivity contribution in [3.63, 3.8) is 0 Å². The summed E-state index contributed by atoms with van der Waals surface area (Å²) >= 11 is 0. The third-order valence-electron chi connectivity index (χ3n) is 3.32. The number of morpholine rings is 1. The van der Waals surface area contributed by atoms with Crippen LogP contribution in [0, 0.1) is 5.82 Å². The van der Waals surface area contributed by atoms with Crippen LogP contribution in [0.4, 0.5) is 10.1 Å². The van der Waals surface area contributed by atoms with Crippen molar-refractivity contribution < 1.29 is 9.13 Å². The molecule has 1 aromatic carbocycles. The van der Waals surface area contributed by atoms with Crippen LogP contribution in [0.25, 0.3) is 0 Å². The number of nitrogens with zero attached hydrogens (tertiary/aromatic N) is 1. The monoisotopic (exact) mass is 252 g/mol. The predicted molar refractivity (Wildman–Crippen MR) is 71.5 cm³/mol. The van der Waals surface area contributed by atoms with Gasteiger partial charge in [0.25, 0.3) is 0 Å². The summed E-state index contributed by atoms with van der Waals surface area (Å²) in [5.41, 5.74) is 0.691. The van der Waals surface area contributed by atoms with E-state index < -0.39 is 0 Å². The molecule has 0 bridgehead atoms. The van der Waals surface area contributed by atoms with Crippen molar-refractivity contribution in [2.45, 2.75) is 19.4 Å². The third-order valence-corrected chi connectivity index (χ3v) is 3.32. The van der Waals surface area contributed by atoms with Crippen LogP contribution in [-0.4, -0.2) is 38.9 Å². The molecule has 1 fully saturated rings. The van der Waals surface area contributed by atoms with Crippen molar-refractivity contribution in [2.24, 2.45) is 0 Å². The van der Waals surface area contributed by atoms with E-state index in [2.05, 4.69) is 17.1 Å². The summed E-state index contributed by atoms with van der Waals surface area (Å²) in [6.45, 7) is 6.18. The van der Waals surface area contributed by atoms with Gasteiger partial charge in [-0.25, -0.2) is 4.39 Å². The van der Waals surface area contributed by atoms with E-state index in [-0.39, 0.29) is 5.82 Å². The van der Waals surface area contributed by atoms with Gasteiger partial charge in [-0.2, -0.15) is 0 Å². The van der Waals surface area contributed by atoms with Crippen molar-refractivity contribution in [1.29, 1.82) is 0 Å². The molecular formula is C14H21FN2O. The smallest absolute Gasteiger partial charge is 0.146 e. The van der Waals surface area contributed by atoms with Crippen molar-refractivity contribution >= 4 is 5.69 Å². The molecule has 3 nitrogen and oxygen atoms in total. The first-order valence-corrected chi connectivity index (χ1v) is 6.62. The summed E-state index contributed by atoms with van der Waals surface area (Å²) in [5.74, 6) is -0.146. The van der Waals surface area contributed by atoms with Crippen LogP contribution in [0.15, 0.2) is 24.3 Å². The summed E-state index contributed by atoms with van der Waals surface area (Å²) < 4.78 is 19.1. The number of rotatable bonds is 5. The van der Waals surface area contributed by atoms with E-state index in [9.17, 15) is 4.39 Å². The fourth-order valence-electron chi connectivity index (χ4n) is 2.27. The van der Waals surface area contributed by atoms with Gasteiger partial charge in [0.1, 0.15) is 5.82 Å². The van der Waals surface area contributed by atoms with E-state index in [1.165, 1.54) is 6.07 Å². The van der Waals surface area contributed by atoms with Crippen LogP contribution in [0.1, 0.15) is 13.3 Å². The molecule has 1 saturated heterocycles. The van der Waals surface area contributed by atoms with Gasteiger partial charge < -0.3 is 15.0 Å². The van der Waals surface area contributed by atoms with E-state index in [1.807, 2.05) is 12.1 Å². The number of ether oxygens (including phenoxy) is 1. The van der Waals surface area contributed by atoms with Crippen molar-refractivity contribution in [2.75, 3.05) is 37.7 Å². The maximum atomic E-state index is 13.7. The Morgan fingerprint density at radius 2 is 2.28 bits per heavy atom. The largest absolute Gasteiger partial charge is 0.379 e. The molecule has 1 heterocycles. The molecule has 0 saturated carbocycles. The Morgan fingerprint density at radius 1 is 1.44 bits per heavy atom. The Kier molecular flexibility index (Phi) is 4.96. The second-order valence-electron chi connectivity index (χ2n) is 4.55. The van der Waals surface area contributed by atoms with Gasteiger partial charge in [-0.3, -0.25) is 0 Å². The quantitative estimate of drug-likeness (QED) is 0.868. The van der Waals surface area contributed by atoms with Crippen molar-refractivity contribution in [3.8, 4) is 0 Å². The van der Waals surface area contributed by atoms with Crippen LogP contribution >= 0.6 is 0 Å². The Bertz CT molecular complexity index is 367. The first-order valence-electron chi connectivity index (χ1n) is 6.62. The molecular weight excluding hydrogens is 231 g/mol. The molecule has 0 spiro atoms. The Balaban J connectivity index is 1.91. The van der Waals surface area contributed by atoms with Crippen molar-refractivity contribution in [1.82, 2.24) is 5.32 Å². The number of hydrogen-bond acceptors (Lipinski definition) is 3. The standard InChI is InChI=1S/C14H21FN2O/c1-2-17(14-6-4-3-5-13(14)15)9-7-12-11-18-10-8-16-12/h3-6,12,16H,2,7-11H2,1H3. The Morgan fingerprint density at radius 3 is 2.94 bits per heavy atom. The Labute approximate surface area is 108 Å². The van der Waals surface area contributed by atoms with Gasteiger partial charge in [0, 0.05) is 25.7 Å². The van der Waals surface area contributed by atoms with Gasteiger partial charge in [-0.1, -0.05) is 12.1 Å². The molecule has 0 amide bonds. The maximum absolute atomic E-state index is 13.7. The van der Waals surface area contributed by atoms with Gasteiger partial charge in [-0.15, -0.1) is 0 Å². The van der Waals surface area contributed by atoms with Crippen LogP contribution in [0.5, 0.6) is 0 Å². The summed E-state index contributed by atoms with van der Waals surface area (Å²) in [7, 11) is 0. The van der Waals surface area contributed by atoms with Crippen LogP contribution in [-0.2, 0) is 4.74 Å². The highest BCUT2D eigenvalue weighted by atomic mass is 19.1. The number of benzene rings is 1. The SMILES string of the molecule is CCN(CCC1COCCN1)c1ccccc1F. The van der Waals surface area contributed by atoms with E-state index in [0.29, 0.717) is 11.7 Å². The van der Waals surface area contributed by atoms with Gasteiger partial charge in [0.15, 0.2) is 0 Å². The average Bonchev–Trinajstić information content (AvgIpc) is 2.42. The number of halogens is 1. The van der Waals surface area contributed by atoms with Crippen LogP contribution in [0.2, 0.25) is 0 Å². The highest BCUT2D eigenvalue weighted by molar-refractivity contribution is 5.47. The third kappa shape index (κ3) is 3.43. The van der Waals surface area contributed by atoms with Crippen molar-refractivity contribution in [3.05, 3.63) is 30.1 Å². The minimum absolute atomic E-state index is 0.146. The number of para-hydroxylation sites is 1. The second kappa shape index (κ2) is 6.71. The van der Waals surface area contributed by atoms with Crippen LogP contribution < -0.4 is 10.2 Å². The number of nitrogens with one attached hydrogen (secondary N) is 1. The lowest BCUT2D eigenvalue weighted by Gasteiger charge is -2.28. The molecule has 1 atom stereocenters. The topological polar surface area (TPSA) is 24.5 Å². The molecule has 1 unspecified atom stereocenters. The first kappa shape index (κ1) is 13.3. The zero-order valence-electron chi connectivity index (χ0n) is 10.9. The van der Waals surface area contributed by atoms with E-state index >= 15 is 0 Å². The lowest BCUT2D eigenvalue weighted by atomic mass is 10.1. The normalized spacial score (nSPS) is 19.8. The summed E-state index contributed by atoms with van der Waals surface area (Å²) in [6, 6.07) is 7.34. The first-order chi connectivity index (χ1) is 8.81.